The fourth-order valence-corrected chi connectivity index (χ4v) is 0.786. The minimum Gasteiger partial charge on any atom is -0.433 e. The van der Waals surface area contributed by atoms with Crippen LogP contribution >= 0.6 is 12.9 Å². The molecule has 2 nitrogen and oxygen atoms in total. The molecular weight excluding hydrogens is 124 g/mol. The average molecular weight is 130 g/mol. The van der Waals surface area contributed by atoms with Crippen LogP contribution in [-0.4, -0.2) is 5.78 Å². The van der Waals surface area contributed by atoms with E-state index in [1.165, 1.54) is 6.08 Å². The number of rotatable bonds is 1. The van der Waals surface area contributed by atoms with Gasteiger partial charge in [0.1, 0.15) is 5.76 Å². The molecule has 0 atom stereocenters. The van der Waals surface area contributed by atoms with Crippen LogP contribution in [0.2, 0.25) is 0 Å². The van der Waals surface area contributed by atoms with E-state index in [0.29, 0.717) is 18.6 Å². The summed E-state index contributed by atoms with van der Waals surface area (Å²) in [5, 5.41) is 0. The predicted molar refractivity (Wildman–Crippen MR) is 32.4 cm³/mol. The summed E-state index contributed by atoms with van der Waals surface area (Å²) < 4.78 is 4.52. The van der Waals surface area contributed by atoms with Crippen molar-refractivity contribution in [3.05, 3.63) is 11.8 Å². The molecule has 0 fully saturated rings. The number of carbonyl (C=O) groups excluding carboxylic acids is 1. The van der Waals surface area contributed by atoms with E-state index in [1.54, 1.807) is 0 Å². The number of ketones is 1. The van der Waals surface area contributed by atoms with Gasteiger partial charge in [0, 0.05) is 31.8 Å². The Bertz CT molecular complexity index is 139. The van der Waals surface area contributed by atoms with E-state index in [0.717, 1.165) is 0 Å². The maximum Gasteiger partial charge on any atom is 0.159 e. The van der Waals surface area contributed by atoms with Crippen LogP contribution in [-0.2, 0) is 8.98 Å². The molecule has 0 radical (unpaired) electrons. The summed E-state index contributed by atoms with van der Waals surface area (Å²) in [7, 11) is 0. The zero-order valence-electron chi connectivity index (χ0n) is 4.26. The van der Waals surface area contributed by atoms with Crippen LogP contribution in [0.3, 0.4) is 0 Å². The molecule has 0 aromatic carbocycles. The summed E-state index contributed by atoms with van der Waals surface area (Å²) in [6, 6.07) is 0. The standard InChI is InChI=1S/C5H6O2S/c6-4-1-2-5(3-4)7-8/h3,8H,1-2H2. The second-order valence-electron chi connectivity index (χ2n) is 1.67. The Hall–Kier alpha value is -0.440. The van der Waals surface area contributed by atoms with Gasteiger partial charge in [-0.05, 0) is 0 Å². The quantitative estimate of drug-likeness (QED) is 0.425. The number of thiol groups is 1. The van der Waals surface area contributed by atoms with Gasteiger partial charge in [-0.25, -0.2) is 0 Å². The monoisotopic (exact) mass is 130 g/mol. The highest BCUT2D eigenvalue weighted by Crippen LogP contribution is 2.16. The average Bonchev–Trinajstić information content (AvgIpc) is 2.14. The third kappa shape index (κ3) is 1.04. The Labute approximate surface area is 53.1 Å². The molecule has 3 heteroatoms. The van der Waals surface area contributed by atoms with E-state index in [4.69, 9.17) is 0 Å². The van der Waals surface area contributed by atoms with Crippen LogP contribution in [0.4, 0.5) is 0 Å². The summed E-state index contributed by atoms with van der Waals surface area (Å²) in [5.74, 6) is 0.812. The molecule has 0 N–H and O–H groups in total. The van der Waals surface area contributed by atoms with Crippen molar-refractivity contribution >= 4 is 18.7 Å². The van der Waals surface area contributed by atoms with Gasteiger partial charge in [0.15, 0.2) is 5.78 Å². The lowest BCUT2D eigenvalue weighted by Crippen LogP contribution is -1.80. The molecule has 0 spiro atoms. The molecule has 0 aliphatic heterocycles. The number of allylic oxidation sites excluding steroid dienone is 2. The van der Waals surface area contributed by atoms with E-state index in [1.807, 2.05) is 0 Å². The molecule has 0 saturated carbocycles. The van der Waals surface area contributed by atoms with Crippen LogP contribution in [0.5, 0.6) is 0 Å². The molecule has 44 valence electrons. The first-order valence-corrected chi connectivity index (χ1v) is 2.74. The van der Waals surface area contributed by atoms with Gasteiger partial charge >= 0.3 is 0 Å². The van der Waals surface area contributed by atoms with E-state index in [9.17, 15) is 4.79 Å². The molecule has 0 aromatic heterocycles. The minimum absolute atomic E-state index is 0.133. The Morgan fingerprint density at radius 3 is 2.62 bits per heavy atom. The highest BCUT2D eigenvalue weighted by atomic mass is 32.1. The third-order valence-corrected chi connectivity index (χ3v) is 1.29. The zero-order valence-corrected chi connectivity index (χ0v) is 5.15. The molecule has 8 heavy (non-hydrogen) atoms. The van der Waals surface area contributed by atoms with Gasteiger partial charge in [-0.15, -0.1) is 0 Å². The third-order valence-electron chi connectivity index (χ3n) is 1.06. The van der Waals surface area contributed by atoms with Crippen molar-refractivity contribution < 1.29 is 8.98 Å². The first-order chi connectivity index (χ1) is 3.83. The first kappa shape index (κ1) is 5.69. The lowest BCUT2D eigenvalue weighted by atomic mass is 10.3. The minimum atomic E-state index is 0.133. The number of carbonyl (C=O) groups is 1. The van der Waals surface area contributed by atoms with Gasteiger partial charge in [-0.2, -0.15) is 0 Å². The molecule has 0 amide bonds. The summed E-state index contributed by atoms with van der Waals surface area (Å²) in [5.41, 5.74) is 0. The van der Waals surface area contributed by atoms with Crippen LogP contribution in [0, 0.1) is 0 Å². The normalized spacial score (nSPS) is 18.6. The van der Waals surface area contributed by atoms with Gasteiger partial charge in [0.25, 0.3) is 0 Å². The van der Waals surface area contributed by atoms with E-state index < -0.39 is 0 Å². The second-order valence-corrected chi connectivity index (χ2v) is 1.85. The number of hydrogen-bond acceptors (Lipinski definition) is 3. The highest BCUT2D eigenvalue weighted by Gasteiger charge is 2.11. The van der Waals surface area contributed by atoms with Gasteiger partial charge in [0.05, 0.1) is 0 Å². The zero-order chi connectivity index (χ0) is 5.98. The molecule has 1 aliphatic carbocycles. The van der Waals surface area contributed by atoms with Crippen molar-refractivity contribution in [3.63, 3.8) is 0 Å². The van der Waals surface area contributed by atoms with Crippen molar-refractivity contribution in [2.75, 3.05) is 0 Å². The van der Waals surface area contributed by atoms with Gasteiger partial charge in [0.2, 0.25) is 0 Å². The van der Waals surface area contributed by atoms with Crippen LogP contribution in [0.15, 0.2) is 11.8 Å². The van der Waals surface area contributed by atoms with Gasteiger partial charge in [-0.1, -0.05) is 0 Å². The topological polar surface area (TPSA) is 26.3 Å². The Morgan fingerprint density at radius 1 is 1.62 bits per heavy atom. The maximum absolute atomic E-state index is 10.4. The summed E-state index contributed by atoms with van der Waals surface area (Å²) in [6.45, 7) is 0. The van der Waals surface area contributed by atoms with E-state index >= 15 is 0 Å². The Kier molecular flexibility index (Phi) is 1.58. The van der Waals surface area contributed by atoms with Crippen LogP contribution < -0.4 is 0 Å². The second kappa shape index (κ2) is 2.22. The van der Waals surface area contributed by atoms with Crippen molar-refractivity contribution in [2.45, 2.75) is 12.8 Å². The van der Waals surface area contributed by atoms with Crippen molar-refractivity contribution in [3.8, 4) is 0 Å². The molecule has 0 unspecified atom stereocenters. The van der Waals surface area contributed by atoms with E-state index in [2.05, 4.69) is 17.1 Å². The van der Waals surface area contributed by atoms with Crippen LogP contribution in [0.25, 0.3) is 0 Å². The molecule has 0 bridgehead atoms. The molecule has 1 aliphatic rings. The lowest BCUT2D eigenvalue weighted by molar-refractivity contribution is -0.114. The Morgan fingerprint density at radius 2 is 2.38 bits per heavy atom. The first-order valence-electron chi connectivity index (χ1n) is 2.38. The molecule has 0 aromatic rings. The maximum atomic E-state index is 10.4. The molecule has 1 rings (SSSR count). The van der Waals surface area contributed by atoms with E-state index in [-0.39, 0.29) is 5.78 Å². The van der Waals surface area contributed by atoms with Crippen LogP contribution in [0.1, 0.15) is 12.8 Å². The fourth-order valence-electron chi connectivity index (χ4n) is 0.642. The van der Waals surface area contributed by atoms with Gasteiger partial charge in [-0.3, -0.25) is 4.79 Å². The molecule has 0 heterocycles. The molecular formula is C5H6O2S. The lowest BCUT2D eigenvalue weighted by Gasteiger charge is -1.90. The smallest absolute Gasteiger partial charge is 0.159 e. The number of hydrogen-bond donors (Lipinski definition) is 1. The summed E-state index contributed by atoms with van der Waals surface area (Å²) in [4.78, 5) is 10.4. The SMILES string of the molecule is O=C1C=C(OS)CC1. The summed E-state index contributed by atoms with van der Waals surface area (Å²) >= 11 is 3.54. The summed E-state index contributed by atoms with van der Waals surface area (Å²) in [6.07, 6.45) is 2.77. The van der Waals surface area contributed by atoms with Crippen molar-refractivity contribution in [1.82, 2.24) is 0 Å². The predicted octanol–water partition coefficient (Wildman–Crippen LogP) is 1.09. The Balaban J connectivity index is 2.57. The largest absolute Gasteiger partial charge is 0.433 e. The molecule has 0 saturated heterocycles. The van der Waals surface area contributed by atoms with Gasteiger partial charge < -0.3 is 4.18 Å². The van der Waals surface area contributed by atoms with Crippen molar-refractivity contribution in [2.24, 2.45) is 0 Å². The highest BCUT2D eigenvalue weighted by molar-refractivity contribution is 7.75. The fraction of sp³-hybridized carbons (Fsp3) is 0.400. The van der Waals surface area contributed by atoms with Crippen molar-refractivity contribution in [1.29, 1.82) is 0 Å².